The summed E-state index contributed by atoms with van der Waals surface area (Å²) in [5.74, 6) is -1.70. The Morgan fingerprint density at radius 2 is 1.54 bits per heavy atom. The van der Waals surface area contributed by atoms with Crippen molar-refractivity contribution in [1.29, 1.82) is 0 Å². The number of hydrazine groups is 1. The van der Waals surface area contributed by atoms with Crippen LogP contribution in [0, 0.1) is 11.6 Å². The van der Waals surface area contributed by atoms with Crippen molar-refractivity contribution in [2.45, 2.75) is 19.5 Å². The molecule has 0 saturated heterocycles. The number of nitrogens with zero attached hydrogens (tertiary/aromatic N) is 2. The van der Waals surface area contributed by atoms with Gasteiger partial charge >= 0.3 is 0 Å². The molecule has 0 spiro atoms. The average molecular weight is 351 g/mol. The van der Waals surface area contributed by atoms with Crippen molar-refractivity contribution in [3.05, 3.63) is 89.5 Å². The average Bonchev–Trinajstić information content (AvgIpc) is 2.89. The molecular weight excluding hydrogens is 332 g/mol. The summed E-state index contributed by atoms with van der Waals surface area (Å²) in [7, 11) is 0. The van der Waals surface area contributed by atoms with E-state index < -0.39 is 11.6 Å². The maximum Gasteiger partial charge on any atom is 0.160 e. The van der Waals surface area contributed by atoms with Gasteiger partial charge in [0.15, 0.2) is 11.6 Å². The van der Waals surface area contributed by atoms with E-state index in [0.717, 1.165) is 16.8 Å². The molecule has 132 valence electrons. The SMILES string of the molecule is CC1c2cc(F)c(F)cc2N(c2ccccc2N)N1Cc1ccccc1. The highest BCUT2D eigenvalue weighted by Crippen LogP contribution is 2.47. The van der Waals surface area contributed by atoms with Gasteiger partial charge in [0.1, 0.15) is 0 Å². The first-order valence-corrected chi connectivity index (χ1v) is 8.50. The van der Waals surface area contributed by atoms with Gasteiger partial charge in [0.2, 0.25) is 0 Å². The first kappa shape index (κ1) is 16.5. The molecule has 1 aliphatic heterocycles. The molecule has 0 fully saturated rings. The predicted molar refractivity (Wildman–Crippen MR) is 99.8 cm³/mol. The number of anilines is 3. The van der Waals surface area contributed by atoms with Gasteiger partial charge < -0.3 is 5.73 Å². The van der Waals surface area contributed by atoms with Crippen LogP contribution in [0.1, 0.15) is 24.1 Å². The van der Waals surface area contributed by atoms with Crippen LogP contribution in [-0.4, -0.2) is 5.01 Å². The smallest absolute Gasteiger partial charge is 0.160 e. The zero-order chi connectivity index (χ0) is 18.3. The first-order chi connectivity index (χ1) is 12.6. The Bertz CT molecular complexity index is 943. The number of para-hydroxylation sites is 2. The topological polar surface area (TPSA) is 32.5 Å². The molecule has 26 heavy (non-hydrogen) atoms. The Balaban J connectivity index is 1.85. The number of nitrogen functional groups attached to an aromatic ring is 1. The van der Waals surface area contributed by atoms with Gasteiger partial charge in [-0.1, -0.05) is 42.5 Å². The summed E-state index contributed by atoms with van der Waals surface area (Å²) < 4.78 is 27.9. The standard InChI is InChI=1S/C21H19F2N3/c1-14-16-11-17(22)18(23)12-21(16)26(20-10-6-5-9-19(20)24)25(14)13-15-7-3-2-4-8-15/h2-12,14H,13,24H2,1H3. The zero-order valence-electron chi connectivity index (χ0n) is 14.4. The molecule has 3 aromatic carbocycles. The third-order valence-corrected chi connectivity index (χ3v) is 4.80. The van der Waals surface area contributed by atoms with E-state index in [1.807, 2.05) is 60.5 Å². The van der Waals surface area contributed by atoms with Gasteiger partial charge in [-0.3, -0.25) is 5.01 Å². The van der Waals surface area contributed by atoms with E-state index in [1.165, 1.54) is 12.1 Å². The molecule has 0 saturated carbocycles. The summed E-state index contributed by atoms with van der Waals surface area (Å²) >= 11 is 0. The molecular formula is C21H19F2N3. The quantitative estimate of drug-likeness (QED) is 0.660. The summed E-state index contributed by atoms with van der Waals surface area (Å²) in [4.78, 5) is 0. The molecule has 4 rings (SSSR count). The molecule has 5 heteroatoms. The minimum absolute atomic E-state index is 0.125. The van der Waals surface area contributed by atoms with Crippen molar-refractivity contribution < 1.29 is 8.78 Å². The Hall–Kier alpha value is -2.92. The second-order valence-electron chi connectivity index (χ2n) is 6.45. The minimum Gasteiger partial charge on any atom is -0.397 e. The normalized spacial score (nSPS) is 16.7. The molecule has 1 atom stereocenters. The van der Waals surface area contributed by atoms with Crippen LogP contribution in [-0.2, 0) is 6.54 Å². The van der Waals surface area contributed by atoms with E-state index in [9.17, 15) is 8.78 Å². The van der Waals surface area contributed by atoms with Crippen LogP contribution in [0.5, 0.6) is 0 Å². The molecule has 3 nitrogen and oxygen atoms in total. The van der Waals surface area contributed by atoms with E-state index in [-0.39, 0.29) is 6.04 Å². The molecule has 0 aromatic heterocycles. The van der Waals surface area contributed by atoms with Gasteiger partial charge in [0.05, 0.1) is 23.1 Å². The van der Waals surface area contributed by atoms with E-state index in [1.54, 1.807) is 6.07 Å². The third kappa shape index (κ3) is 2.70. The lowest BCUT2D eigenvalue weighted by Gasteiger charge is -2.33. The van der Waals surface area contributed by atoms with E-state index >= 15 is 0 Å². The predicted octanol–water partition coefficient (Wildman–Crippen LogP) is 5.18. The largest absolute Gasteiger partial charge is 0.397 e. The van der Waals surface area contributed by atoms with Gasteiger partial charge in [0, 0.05) is 12.6 Å². The van der Waals surface area contributed by atoms with Crippen molar-refractivity contribution in [3.8, 4) is 0 Å². The van der Waals surface area contributed by atoms with Crippen LogP contribution in [0.15, 0.2) is 66.7 Å². The number of halogens is 2. The summed E-state index contributed by atoms with van der Waals surface area (Å²) in [6.45, 7) is 2.58. The number of hydrogen-bond acceptors (Lipinski definition) is 3. The molecule has 0 radical (unpaired) electrons. The Morgan fingerprint density at radius 3 is 2.27 bits per heavy atom. The second-order valence-corrected chi connectivity index (χ2v) is 6.45. The first-order valence-electron chi connectivity index (χ1n) is 8.50. The second kappa shape index (κ2) is 6.42. The zero-order valence-corrected chi connectivity index (χ0v) is 14.4. The maximum atomic E-state index is 14.0. The lowest BCUT2D eigenvalue weighted by Crippen LogP contribution is -2.35. The van der Waals surface area contributed by atoms with Crippen molar-refractivity contribution >= 4 is 17.1 Å². The van der Waals surface area contributed by atoms with Crippen molar-refractivity contribution in [3.63, 3.8) is 0 Å². The van der Waals surface area contributed by atoms with Gasteiger partial charge in [-0.15, -0.1) is 0 Å². The Kier molecular flexibility index (Phi) is 4.09. The fourth-order valence-corrected chi connectivity index (χ4v) is 3.47. The molecule has 0 aliphatic carbocycles. The number of hydrogen-bond donors (Lipinski definition) is 1. The summed E-state index contributed by atoms with van der Waals surface area (Å²) in [6.07, 6.45) is 0. The van der Waals surface area contributed by atoms with Crippen molar-refractivity contribution in [2.24, 2.45) is 0 Å². The maximum absolute atomic E-state index is 14.0. The number of benzene rings is 3. The monoisotopic (exact) mass is 351 g/mol. The summed E-state index contributed by atoms with van der Waals surface area (Å²) in [6, 6.07) is 19.8. The van der Waals surface area contributed by atoms with Crippen molar-refractivity contribution in [2.75, 3.05) is 10.7 Å². The number of rotatable bonds is 3. The number of fused-ring (bicyclic) bond motifs is 1. The Labute approximate surface area is 151 Å². The molecule has 0 bridgehead atoms. The minimum atomic E-state index is -0.864. The van der Waals surface area contributed by atoms with Crippen LogP contribution in [0.4, 0.5) is 25.8 Å². The van der Waals surface area contributed by atoms with Gasteiger partial charge in [-0.25, -0.2) is 13.8 Å². The van der Waals surface area contributed by atoms with Crippen LogP contribution in [0.2, 0.25) is 0 Å². The third-order valence-electron chi connectivity index (χ3n) is 4.80. The van der Waals surface area contributed by atoms with E-state index in [4.69, 9.17) is 5.73 Å². The van der Waals surface area contributed by atoms with Crippen LogP contribution < -0.4 is 10.7 Å². The fourth-order valence-electron chi connectivity index (χ4n) is 3.47. The van der Waals surface area contributed by atoms with E-state index in [2.05, 4.69) is 5.01 Å². The molecule has 1 unspecified atom stereocenters. The molecule has 1 heterocycles. The van der Waals surface area contributed by atoms with Crippen LogP contribution in [0.3, 0.4) is 0 Å². The molecule has 2 N–H and O–H groups in total. The lowest BCUT2D eigenvalue weighted by atomic mass is 10.1. The molecule has 1 aliphatic rings. The Morgan fingerprint density at radius 1 is 0.885 bits per heavy atom. The summed E-state index contributed by atoms with van der Waals surface area (Å²) in [5, 5.41) is 3.97. The van der Waals surface area contributed by atoms with Gasteiger partial charge in [-0.2, -0.15) is 0 Å². The van der Waals surface area contributed by atoms with Gasteiger partial charge in [-0.05, 0) is 36.2 Å². The highest BCUT2D eigenvalue weighted by Gasteiger charge is 2.36. The van der Waals surface area contributed by atoms with Crippen LogP contribution in [0.25, 0.3) is 0 Å². The lowest BCUT2D eigenvalue weighted by molar-refractivity contribution is 0.227. The highest BCUT2D eigenvalue weighted by atomic mass is 19.2. The van der Waals surface area contributed by atoms with Crippen molar-refractivity contribution in [1.82, 2.24) is 5.01 Å². The van der Waals surface area contributed by atoms with E-state index in [0.29, 0.717) is 17.9 Å². The number of nitrogens with two attached hydrogens (primary N) is 1. The molecule has 0 amide bonds. The molecule has 3 aromatic rings. The highest BCUT2D eigenvalue weighted by molar-refractivity contribution is 5.77. The van der Waals surface area contributed by atoms with Gasteiger partial charge in [0.25, 0.3) is 0 Å². The fraction of sp³-hybridized carbons (Fsp3) is 0.143. The van der Waals surface area contributed by atoms with Crippen LogP contribution >= 0.6 is 0 Å². The summed E-state index contributed by atoms with van der Waals surface area (Å²) in [5.41, 5.74) is 9.98.